The van der Waals surface area contributed by atoms with Crippen LogP contribution < -0.4 is 5.32 Å². The first-order valence-electron chi connectivity index (χ1n) is 6.65. The third-order valence-corrected chi connectivity index (χ3v) is 4.42. The molecule has 0 atom stereocenters. The lowest BCUT2D eigenvalue weighted by molar-refractivity contribution is -0.119. The maximum atomic E-state index is 13.6. The molecular formula is C16H11Br2ClFNO3. The number of esters is 1. The fraction of sp³-hybridized carbons (Fsp3) is 0.125. The SMILES string of the molecule is Cc1cc(Br)c(NC(=O)COC(=O)c2cc(Cl)ccc2F)c(Br)c1. The molecule has 0 bridgehead atoms. The van der Waals surface area contributed by atoms with Crippen molar-refractivity contribution in [2.75, 3.05) is 11.9 Å². The van der Waals surface area contributed by atoms with Crippen LogP contribution in [0.15, 0.2) is 39.3 Å². The zero-order chi connectivity index (χ0) is 17.9. The van der Waals surface area contributed by atoms with Crippen LogP contribution in [0.1, 0.15) is 15.9 Å². The van der Waals surface area contributed by atoms with E-state index in [0.717, 1.165) is 17.7 Å². The number of carbonyl (C=O) groups excluding carboxylic acids is 2. The van der Waals surface area contributed by atoms with Crippen molar-refractivity contribution in [1.29, 1.82) is 0 Å². The van der Waals surface area contributed by atoms with Gasteiger partial charge in [-0.3, -0.25) is 4.79 Å². The number of rotatable bonds is 4. The summed E-state index contributed by atoms with van der Waals surface area (Å²) in [5.41, 5.74) is 1.18. The van der Waals surface area contributed by atoms with Gasteiger partial charge in [-0.05, 0) is 74.7 Å². The zero-order valence-electron chi connectivity index (χ0n) is 12.3. The van der Waals surface area contributed by atoms with Crippen molar-refractivity contribution in [3.63, 3.8) is 0 Å². The molecule has 24 heavy (non-hydrogen) atoms. The lowest BCUT2D eigenvalue weighted by atomic mass is 10.2. The Hall–Kier alpha value is -1.44. The number of aryl methyl sites for hydroxylation is 1. The quantitative estimate of drug-likeness (QED) is 0.621. The first-order chi connectivity index (χ1) is 11.3. The monoisotopic (exact) mass is 477 g/mol. The van der Waals surface area contributed by atoms with Crippen molar-refractivity contribution in [3.05, 3.63) is 61.2 Å². The number of ether oxygens (including phenoxy) is 1. The summed E-state index contributed by atoms with van der Waals surface area (Å²) in [4.78, 5) is 23.8. The number of anilines is 1. The first-order valence-corrected chi connectivity index (χ1v) is 8.62. The van der Waals surface area contributed by atoms with E-state index in [-0.39, 0.29) is 10.6 Å². The second-order valence-electron chi connectivity index (χ2n) is 4.85. The molecule has 8 heteroatoms. The smallest absolute Gasteiger partial charge is 0.341 e. The van der Waals surface area contributed by atoms with Gasteiger partial charge in [0.1, 0.15) is 5.82 Å². The molecular weight excluding hydrogens is 468 g/mol. The number of carbonyl (C=O) groups is 2. The summed E-state index contributed by atoms with van der Waals surface area (Å²) < 4.78 is 19.7. The third-order valence-electron chi connectivity index (χ3n) is 2.93. The molecule has 126 valence electrons. The summed E-state index contributed by atoms with van der Waals surface area (Å²) in [6, 6.07) is 7.16. The Morgan fingerprint density at radius 3 is 2.46 bits per heavy atom. The Bertz CT molecular complexity index is 791. The minimum atomic E-state index is -0.966. The van der Waals surface area contributed by atoms with E-state index in [1.54, 1.807) is 0 Å². The second-order valence-corrected chi connectivity index (χ2v) is 7.00. The number of hydrogen-bond donors (Lipinski definition) is 1. The van der Waals surface area contributed by atoms with E-state index in [1.165, 1.54) is 6.07 Å². The number of nitrogens with one attached hydrogen (secondary N) is 1. The lowest BCUT2D eigenvalue weighted by Gasteiger charge is -2.11. The van der Waals surface area contributed by atoms with E-state index in [4.69, 9.17) is 16.3 Å². The molecule has 2 rings (SSSR count). The van der Waals surface area contributed by atoms with Gasteiger partial charge in [-0.1, -0.05) is 11.6 Å². The van der Waals surface area contributed by atoms with E-state index in [9.17, 15) is 14.0 Å². The van der Waals surface area contributed by atoms with Gasteiger partial charge in [-0.2, -0.15) is 0 Å². The first kappa shape index (κ1) is 18.9. The molecule has 1 N–H and O–H groups in total. The van der Waals surface area contributed by atoms with Gasteiger partial charge in [-0.25, -0.2) is 9.18 Å². The molecule has 0 aliphatic rings. The molecule has 0 radical (unpaired) electrons. The zero-order valence-corrected chi connectivity index (χ0v) is 16.3. The maximum Gasteiger partial charge on any atom is 0.341 e. The average Bonchev–Trinajstić information content (AvgIpc) is 2.50. The Kier molecular flexibility index (Phi) is 6.37. The van der Waals surface area contributed by atoms with Gasteiger partial charge in [0.05, 0.1) is 11.3 Å². The summed E-state index contributed by atoms with van der Waals surface area (Å²) >= 11 is 12.4. The Balaban J connectivity index is 2.01. The predicted molar refractivity (Wildman–Crippen MR) is 96.9 cm³/mol. The molecule has 4 nitrogen and oxygen atoms in total. The highest BCUT2D eigenvalue weighted by Gasteiger charge is 2.16. The highest BCUT2D eigenvalue weighted by molar-refractivity contribution is 9.11. The number of amides is 1. The number of hydrogen-bond acceptors (Lipinski definition) is 3. The van der Waals surface area contributed by atoms with Gasteiger partial charge in [0, 0.05) is 14.0 Å². The molecule has 0 saturated heterocycles. The number of benzene rings is 2. The molecule has 0 spiro atoms. The molecule has 2 aromatic rings. The van der Waals surface area contributed by atoms with E-state index >= 15 is 0 Å². The maximum absolute atomic E-state index is 13.6. The van der Waals surface area contributed by atoms with Crippen LogP contribution >= 0.6 is 43.5 Å². The molecule has 0 fully saturated rings. The largest absolute Gasteiger partial charge is 0.452 e. The topological polar surface area (TPSA) is 55.4 Å². The van der Waals surface area contributed by atoms with Crippen molar-refractivity contribution in [1.82, 2.24) is 0 Å². The minimum absolute atomic E-state index is 0.195. The molecule has 0 unspecified atom stereocenters. The van der Waals surface area contributed by atoms with Gasteiger partial charge >= 0.3 is 5.97 Å². The van der Waals surface area contributed by atoms with Crippen molar-refractivity contribution in [2.45, 2.75) is 6.92 Å². The Morgan fingerprint density at radius 1 is 1.21 bits per heavy atom. The summed E-state index contributed by atoms with van der Waals surface area (Å²) in [5.74, 6) is -2.29. The molecule has 0 heterocycles. The van der Waals surface area contributed by atoms with Gasteiger partial charge in [0.25, 0.3) is 5.91 Å². The van der Waals surface area contributed by atoms with Crippen LogP contribution in [-0.2, 0) is 9.53 Å². The normalized spacial score (nSPS) is 10.4. The third kappa shape index (κ3) is 4.78. The van der Waals surface area contributed by atoms with Crippen molar-refractivity contribution >= 4 is 61.0 Å². The van der Waals surface area contributed by atoms with Crippen LogP contribution in [0.3, 0.4) is 0 Å². The van der Waals surface area contributed by atoms with Crippen LogP contribution in [0.5, 0.6) is 0 Å². The van der Waals surface area contributed by atoms with Crippen LogP contribution in [0.4, 0.5) is 10.1 Å². The Morgan fingerprint density at radius 2 is 1.83 bits per heavy atom. The summed E-state index contributed by atoms with van der Waals surface area (Å²) in [6.07, 6.45) is 0. The molecule has 0 saturated carbocycles. The van der Waals surface area contributed by atoms with E-state index in [1.807, 2.05) is 19.1 Å². The van der Waals surface area contributed by atoms with Crippen LogP contribution in [0.25, 0.3) is 0 Å². The highest BCUT2D eigenvalue weighted by atomic mass is 79.9. The minimum Gasteiger partial charge on any atom is -0.452 e. The lowest BCUT2D eigenvalue weighted by Crippen LogP contribution is -2.21. The molecule has 1 amide bonds. The molecule has 0 aliphatic carbocycles. The van der Waals surface area contributed by atoms with Crippen molar-refractivity contribution in [2.24, 2.45) is 0 Å². The molecule has 2 aromatic carbocycles. The van der Waals surface area contributed by atoms with Crippen LogP contribution in [-0.4, -0.2) is 18.5 Å². The van der Waals surface area contributed by atoms with Gasteiger partial charge in [0.15, 0.2) is 6.61 Å². The van der Waals surface area contributed by atoms with Gasteiger partial charge in [0.2, 0.25) is 0 Å². The van der Waals surface area contributed by atoms with Gasteiger partial charge < -0.3 is 10.1 Å². The molecule has 0 aliphatic heterocycles. The number of halogens is 4. The summed E-state index contributed by atoms with van der Waals surface area (Å²) in [7, 11) is 0. The van der Waals surface area contributed by atoms with E-state index in [0.29, 0.717) is 14.6 Å². The average molecular weight is 480 g/mol. The summed E-state index contributed by atoms with van der Waals surface area (Å²) in [6.45, 7) is 1.35. The van der Waals surface area contributed by atoms with Crippen LogP contribution in [0.2, 0.25) is 5.02 Å². The fourth-order valence-electron chi connectivity index (χ4n) is 1.86. The van der Waals surface area contributed by atoms with E-state index in [2.05, 4.69) is 37.2 Å². The fourth-order valence-corrected chi connectivity index (χ4v) is 3.64. The Labute approximate surface area is 159 Å². The van der Waals surface area contributed by atoms with E-state index < -0.39 is 24.3 Å². The van der Waals surface area contributed by atoms with Gasteiger partial charge in [-0.15, -0.1) is 0 Å². The standard InChI is InChI=1S/C16H11Br2ClFNO3/c1-8-4-11(17)15(12(18)5-8)21-14(22)7-24-16(23)10-6-9(19)2-3-13(10)20/h2-6H,7H2,1H3,(H,21,22). The van der Waals surface area contributed by atoms with Crippen molar-refractivity contribution < 1.29 is 18.7 Å². The predicted octanol–water partition coefficient (Wildman–Crippen LogP) is 5.11. The highest BCUT2D eigenvalue weighted by Crippen LogP contribution is 2.32. The summed E-state index contributed by atoms with van der Waals surface area (Å²) in [5, 5.41) is 2.80. The van der Waals surface area contributed by atoms with Crippen LogP contribution in [0, 0.1) is 12.7 Å². The van der Waals surface area contributed by atoms with Crippen molar-refractivity contribution in [3.8, 4) is 0 Å². The second kappa shape index (κ2) is 8.09. The molecule has 0 aromatic heterocycles.